The minimum Gasteiger partial charge on any atom is -0.350 e. The van der Waals surface area contributed by atoms with Crippen LogP contribution in [0.4, 0.5) is 11.4 Å². The Bertz CT molecular complexity index is 834. The molecule has 0 unspecified atom stereocenters. The van der Waals surface area contributed by atoms with Crippen LogP contribution >= 0.6 is 34.8 Å². The fraction of sp³-hybridized carbons (Fsp3) is 0. The molecule has 2 amide bonds. The zero-order chi connectivity index (χ0) is 16.6. The van der Waals surface area contributed by atoms with Crippen molar-refractivity contribution in [3.63, 3.8) is 0 Å². The topological polar surface area (TPSA) is 49.4 Å². The van der Waals surface area contributed by atoms with Crippen LogP contribution in [0, 0.1) is 0 Å². The van der Waals surface area contributed by atoms with Gasteiger partial charge in [-0.1, -0.05) is 59.1 Å². The Morgan fingerprint density at radius 1 is 0.826 bits per heavy atom. The van der Waals surface area contributed by atoms with Crippen LogP contribution in [-0.4, -0.2) is 11.8 Å². The Balaban J connectivity index is 1.98. The van der Waals surface area contributed by atoms with Gasteiger partial charge in [-0.3, -0.25) is 9.59 Å². The quantitative estimate of drug-likeness (QED) is 0.817. The van der Waals surface area contributed by atoms with Crippen LogP contribution in [0.2, 0.25) is 10.0 Å². The lowest BCUT2D eigenvalue weighted by atomic mass is 10.3. The van der Waals surface area contributed by atoms with E-state index in [0.717, 1.165) is 4.90 Å². The molecule has 0 bridgehead atoms. The smallest absolute Gasteiger partial charge is 0.283 e. The zero-order valence-corrected chi connectivity index (χ0v) is 13.8. The number of hydrogen-bond acceptors (Lipinski definition) is 3. The Labute approximate surface area is 147 Å². The molecule has 0 atom stereocenters. The Hall–Kier alpha value is -2.01. The maximum Gasteiger partial charge on any atom is 0.283 e. The first-order valence-electron chi connectivity index (χ1n) is 6.55. The van der Waals surface area contributed by atoms with Gasteiger partial charge in [-0.05, 0) is 24.3 Å². The van der Waals surface area contributed by atoms with Crippen molar-refractivity contribution >= 4 is 58.0 Å². The molecule has 1 aliphatic rings. The number of nitrogens with zero attached hydrogens (tertiary/aromatic N) is 1. The minimum absolute atomic E-state index is 0.00101. The number of rotatable bonds is 3. The van der Waals surface area contributed by atoms with Crippen LogP contribution in [0.5, 0.6) is 0 Å². The maximum absolute atomic E-state index is 12.6. The average molecular weight is 368 g/mol. The Kier molecular flexibility index (Phi) is 4.31. The number of imide groups is 1. The molecule has 0 fully saturated rings. The van der Waals surface area contributed by atoms with Gasteiger partial charge in [0.25, 0.3) is 11.8 Å². The molecule has 23 heavy (non-hydrogen) atoms. The normalized spacial score (nSPS) is 14.7. The molecule has 116 valence electrons. The standard InChI is InChI=1S/C16H9Cl3N2O2/c17-10-7-4-8-11(12(10)18)21-15(22)13(19)14(16(21)23)20-9-5-2-1-3-6-9/h1-8,20H. The first-order valence-corrected chi connectivity index (χ1v) is 7.68. The van der Waals surface area contributed by atoms with Gasteiger partial charge >= 0.3 is 0 Å². The van der Waals surface area contributed by atoms with Gasteiger partial charge in [0.15, 0.2) is 0 Å². The highest BCUT2D eigenvalue weighted by Crippen LogP contribution is 2.37. The first kappa shape index (κ1) is 15.9. The number of amides is 2. The number of carbonyl (C=O) groups is 2. The second-order valence-electron chi connectivity index (χ2n) is 4.70. The highest BCUT2D eigenvalue weighted by molar-refractivity contribution is 6.54. The third kappa shape index (κ3) is 2.81. The minimum atomic E-state index is -0.653. The SMILES string of the molecule is O=C1C(Cl)=C(Nc2ccccc2)C(=O)N1c1cccc(Cl)c1Cl. The number of benzene rings is 2. The van der Waals surface area contributed by atoms with Gasteiger partial charge in [0.1, 0.15) is 10.7 Å². The van der Waals surface area contributed by atoms with Crippen molar-refractivity contribution in [3.8, 4) is 0 Å². The third-order valence-corrected chi connectivity index (χ3v) is 4.40. The van der Waals surface area contributed by atoms with Crippen molar-refractivity contribution in [1.82, 2.24) is 0 Å². The largest absolute Gasteiger partial charge is 0.350 e. The molecule has 2 aromatic rings. The number of halogens is 3. The van der Waals surface area contributed by atoms with Crippen molar-refractivity contribution in [2.45, 2.75) is 0 Å². The fourth-order valence-corrected chi connectivity index (χ4v) is 2.75. The van der Waals surface area contributed by atoms with E-state index in [2.05, 4.69) is 5.32 Å². The summed E-state index contributed by atoms with van der Waals surface area (Å²) >= 11 is 18.1. The first-order chi connectivity index (χ1) is 11.0. The van der Waals surface area contributed by atoms with E-state index >= 15 is 0 Å². The summed E-state index contributed by atoms with van der Waals surface area (Å²) in [6, 6.07) is 13.6. The van der Waals surface area contributed by atoms with Crippen LogP contribution < -0.4 is 10.2 Å². The molecule has 1 aliphatic heterocycles. The van der Waals surface area contributed by atoms with E-state index in [-0.39, 0.29) is 26.5 Å². The zero-order valence-electron chi connectivity index (χ0n) is 11.5. The van der Waals surface area contributed by atoms with Crippen LogP contribution in [0.25, 0.3) is 0 Å². The summed E-state index contributed by atoms with van der Waals surface area (Å²) in [5.74, 6) is -1.24. The van der Waals surface area contributed by atoms with Gasteiger partial charge in [0, 0.05) is 5.69 Å². The molecule has 1 N–H and O–H groups in total. The molecular weight excluding hydrogens is 359 g/mol. The van der Waals surface area contributed by atoms with Gasteiger partial charge in [-0.25, -0.2) is 4.90 Å². The lowest BCUT2D eigenvalue weighted by molar-refractivity contribution is -0.120. The van der Waals surface area contributed by atoms with Crippen LogP contribution in [-0.2, 0) is 9.59 Å². The predicted octanol–water partition coefficient (Wildman–Crippen LogP) is 4.43. The molecule has 0 aromatic heterocycles. The molecule has 1 heterocycles. The number of carbonyl (C=O) groups excluding carboxylic acids is 2. The summed E-state index contributed by atoms with van der Waals surface area (Å²) in [6.07, 6.45) is 0. The highest BCUT2D eigenvalue weighted by Gasteiger charge is 2.40. The summed E-state index contributed by atoms with van der Waals surface area (Å²) in [5, 5.41) is 3.02. The molecule has 4 nitrogen and oxygen atoms in total. The summed E-state index contributed by atoms with van der Waals surface area (Å²) in [6.45, 7) is 0. The van der Waals surface area contributed by atoms with E-state index in [4.69, 9.17) is 34.8 Å². The van der Waals surface area contributed by atoms with Crippen LogP contribution in [0.15, 0.2) is 59.3 Å². The molecule has 0 saturated heterocycles. The Morgan fingerprint density at radius 3 is 2.22 bits per heavy atom. The van der Waals surface area contributed by atoms with E-state index in [9.17, 15) is 9.59 Å². The van der Waals surface area contributed by atoms with Gasteiger partial charge in [0.2, 0.25) is 0 Å². The van der Waals surface area contributed by atoms with Gasteiger partial charge < -0.3 is 5.32 Å². The second-order valence-corrected chi connectivity index (χ2v) is 5.86. The van der Waals surface area contributed by atoms with Gasteiger partial charge in [-0.15, -0.1) is 0 Å². The average Bonchev–Trinajstić information content (AvgIpc) is 2.75. The number of nitrogens with one attached hydrogen (secondary N) is 1. The van der Waals surface area contributed by atoms with E-state index < -0.39 is 11.8 Å². The summed E-state index contributed by atoms with van der Waals surface area (Å²) in [4.78, 5) is 25.9. The highest BCUT2D eigenvalue weighted by atomic mass is 35.5. The molecule has 0 saturated carbocycles. The molecule has 0 spiro atoms. The molecule has 2 aromatic carbocycles. The second kappa shape index (κ2) is 6.24. The van der Waals surface area contributed by atoms with E-state index in [0.29, 0.717) is 5.69 Å². The number of hydrogen-bond donors (Lipinski definition) is 1. The van der Waals surface area contributed by atoms with Crippen molar-refractivity contribution in [2.24, 2.45) is 0 Å². The molecular formula is C16H9Cl3N2O2. The lowest BCUT2D eigenvalue weighted by Crippen LogP contribution is -2.32. The number of para-hydroxylation sites is 1. The van der Waals surface area contributed by atoms with Crippen LogP contribution in [0.3, 0.4) is 0 Å². The molecule has 0 radical (unpaired) electrons. The molecule has 7 heteroatoms. The van der Waals surface area contributed by atoms with Crippen molar-refractivity contribution in [1.29, 1.82) is 0 Å². The van der Waals surface area contributed by atoms with E-state index in [1.807, 2.05) is 6.07 Å². The molecule has 3 rings (SSSR count). The van der Waals surface area contributed by atoms with Crippen LogP contribution in [0.1, 0.15) is 0 Å². The summed E-state index contributed by atoms with van der Waals surface area (Å²) < 4.78 is 0. The Morgan fingerprint density at radius 2 is 1.52 bits per heavy atom. The number of anilines is 2. The van der Waals surface area contributed by atoms with E-state index in [1.54, 1.807) is 36.4 Å². The molecule has 0 aliphatic carbocycles. The maximum atomic E-state index is 12.6. The van der Waals surface area contributed by atoms with Gasteiger partial charge in [0.05, 0.1) is 15.7 Å². The summed E-state index contributed by atoms with van der Waals surface area (Å²) in [5.41, 5.74) is 0.830. The van der Waals surface area contributed by atoms with Crippen molar-refractivity contribution in [3.05, 3.63) is 69.3 Å². The van der Waals surface area contributed by atoms with Gasteiger partial charge in [-0.2, -0.15) is 0 Å². The third-order valence-electron chi connectivity index (χ3n) is 3.24. The lowest BCUT2D eigenvalue weighted by Gasteiger charge is -2.17. The summed E-state index contributed by atoms with van der Waals surface area (Å²) in [7, 11) is 0. The fourth-order valence-electron chi connectivity index (χ4n) is 2.16. The predicted molar refractivity (Wildman–Crippen MR) is 91.9 cm³/mol. The van der Waals surface area contributed by atoms with Crippen molar-refractivity contribution in [2.75, 3.05) is 10.2 Å². The van der Waals surface area contributed by atoms with E-state index in [1.165, 1.54) is 6.07 Å². The monoisotopic (exact) mass is 366 g/mol. The van der Waals surface area contributed by atoms with Crippen molar-refractivity contribution < 1.29 is 9.59 Å².